The van der Waals surface area contributed by atoms with Gasteiger partial charge >= 0.3 is 0 Å². The van der Waals surface area contributed by atoms with E-state index in [2.05, 4.69) is 10.1 Å². The molecular formula is C23H18Cl2F3N5O2. The summed E-state index contributed by atoms with van der Waals surface area (Å²) < 4.78 is 46.1. The first kappa shape index (κ1) is 24.8. The summed E-state index contributed by atoms with van der Waals surface area (Å²) in [6, 6.07) is 9.62. The Morgan fingerprint density at radius 2 is 1.94 bits per heavy atom. The number of nitrogens with two attached hydrogens (primary N) is 1. The maximum atomic E-state index is 15.4. The molecule has 4 aromatic rings. The van der Waals surface area contributed by atoms with E-state index < -0.39 is 35.9 Å². The molecule has 12 heteroatoms. The number of nitrogen functional groups attached to an aromatic ring is 1. The minimum absolute atomic E-state index is 0.00966. The second-order valence-corrected chi connectivity index (χ2v) is 8.64. The van der Waals surface area contributed by atoms with Crippen LogP contribution in [0.5, 0.6) is 0 Å². The number of rotatable bonds is 6. The highest BCUT2D eigenvalue weighted by Gasteiger charge is 2.40. The van der Waals surface area contributed by atoms with Gasteiger partial charge in [-0.1, -0.05) is 41.4 Å². The number of hydrogen-bond donors (Lipinski definition) is 3. The third kappa shape index (κ3) is 4.90. The van der Waals surface area contributed by atoms with Crippen molar-refractivity contribution in [3.63, 3.8) is 0 Å². The standard InChI is InChI=1S/C23H18Cl2F3N5O2/c1-11-2-4-14(12-6-7-33-17(9-12)31-22(29)32-33)19(26)18(11)21(35)30-10-23(27,28)20(34)13-3-5-15(24)16(25)8-13/h2-9,20,34H,10H2,1H3,(H2,29,32)(H,30,35)/t20-/m1/s1. The molecule has 1 amide bonds. The molecule has 2 aromatic carbocycles. The van der Waals surface area contributed by atoms with E-state index in [1.165, 1.54) is 48.0 Å². The van der Waals surface area contributed by atoms with Crippen LogP contribution in [0.2, 0.25) is 10.0 Å². The molecule has 0 spiro atoms. The summed E-state index contributed by atoms with van der Waals surface area (Å²) in [5, 5.41) is 16.2. The Hall–Kier alpha value is -3.34. The molecule has 2 aromatic heterocycles. The number of benzene rings is 2. The van der Waals surface area contributed by atoms with E-state index in [0.717, 1.165) is 6.07 Å². The fraction of sp³-hybridized carbons (Fsp3) is 0.174. The number of anilines is 1. The molecule has 0 bridgehead atoms. The fourth-order valence-electron chi connectivity index (χ4n) is 3.55. The number of fused-ring (bicyclic) bond motifs is 1. The van der Waals surface area contributed by atoms with E-state index >= 15 is 4.39 Å². The number of aromatic nitrogens is 3. The first-order valence-corrected chi connectivity index (χ1v) is 10.9. The van der Waals surface area contributed by atoms with Crippen LogP contribution in [0.3, 0.4) is 0 Å². The maximum Gasteiger partial charge on any atom is 0.294 e. The summed E-state index contributed by atoms with van der Waals surface area (Å²) in [6.45, 7) is 0.230. The van der Waals surface area contributed by atoms with Gasteiger partial charge in [-0.15, -0.1) is 5.10 Å². The molecule has 0 saturated carbocycles. The van der Waals surface area contributed by atoms with E-state index in [1.807, 2.05) is 5.32 Å². The van der Waals surface area contributed by atoms with Crippen LogP contribution >= 0.6 is 23.2 Å². The van der Waals surface area contributed by atoms with Gasteiger partial charge in [-0.2, -0.15) is 4.98 Å². The van der Waals surface area contributed by atoms with Gasteiger partial charge < -0.3 is 16.2 Å². The normalized spacial score (nSPS) is 12.7. The summed E-state index contributed by atoms with van der Waals surface area (Å²) in [6.07, 6.45) is -0.755. The molecule has 1 atom stereocenters. The van der Waals surface area contributed by atoms with Crippen LogP contribution in [0.1, 0.15) is 27.6 Å². The van der Waals surface area contributed by atoms with Gasteiger partial charge in [0.05, 0.1) is 22.2 Å². The summed E-state index contributed by atoms with van der Waals surface area (Å²) in [5.41, 5.74) is 6.04. The van der Waals surface area contributed by atoms with Crippen LogP contribution in [0.4, 0.5) is 19.1 Å². The van der Waals surface area contributed by atoms with Crippen LogP contribution in [0.15, 0.2) is 48.7 Å². The van der Waals surface area contributed by atoms with Gasteiger partial charge in [0.25, 0.3) is 11.8 Å². The van der Waals surface area contributed by atoms with Crippen molar-refractivity contribution in [2.24, 2.45) is 0 Å². The number of hydrogen-bond acceptors (Lipinski definition) is 5. The van der Waals surface area contributed by atoms with Crippen molar-refractivity contribution in [1.82, 2.24) is 19.9 Å². The number of aliphatic hydroxyl groups is 1. The molecular weight excluding hydrogens is 506 g/mol. The largest absolute Gasteiger partial charge is 0.382 e. The van der Waals surface area contributed by atoms with Crippen LogP contribution in [-0.4, -0.2) is 38.1 Å². The van der Waals surface area contributed by atoms with E-state index in [1.54, 1.807) is 6.07 Å². The Kier molecular flexibility index (Phi) is 6.63. The average molecular weight is 524 g/mol. The Labute approximate surface area is 207 Å². The van der Waals surface area contributed by atoms with Gasteiger partial charge in [0.2, 0.25) is 5.95 Å². The van der Waals surface area contributed by atoms with Gasteiger partial charge in [-0.05, 0) is 47.9 Å². The summed E-state index contributed by atoms with van der Waals surface area (Å²) in [7, 11) is 0. The lowest BCUT2D eigenvalue weighted by Gasteiger charge is -2.24. The number of halogens is 5. The number of nitrogens with one attached hydrogen (secondary N) is 1. The van der Waals surface area contributed by atoms with E-state index in [4.69, 9.17) is 28.9 Å². The zero-order valence-electron chi connectivity index (χ0n) is 18.1. The maximum absolute atomic E-state index is 15.4. The van der Waals surface area contributed by atoms with Crippen molar-refractivity contribution < 1.29 is 23.1 Å². The minimum Gasteiger partial charge on any atom is -0.382 e. The third-order valence-corrected chi connectivity index (χ3v) is 6.13. The number of alkyl halides is 2. The van der Waals surface area contributed by atoms with Crippen molar-refractivity contribution in [2.75, 3.05) is 12.3 Å². The second-order valence-electron chi connectivity index (χ2n) is 7.83. The number of amides is 1. The van der Waals surface area contributed by atoms with Crippen molar-refractivity contribution in [2.45, 2.75) is 19.0 Å². The molecule has 0 radical (unpaired) electrons. The first-order chi connectivity index (χ1) is 16.5. The summed E-state index contributed by atoms with van der Waals surface area (Å²) in [4.78, 5) is 16.8. The molecule has 182 valence electrons. The van der Waals surface area contributed by atoms with E-state index in [-0.39, 0.29) is 32.7 Å². The fourth-order valence-corrected chi connectivity index (χ4v) is 3.86. The molecule has 0 unspecified atom stereocenters. The van der Waals surface area contributed by atoms with Crippen LogP contribution < -0.4 is 11.1 Å². The number of aliphatic hydroxyl groups excluding tert-OH is 1. The lowest BCUT2D eigenvalue weighted by molar-refractivity contribution is -0.106. The zero-order chi connectivity index (χ0) is 25.5. The third-order valence-electron chi connectivity index (χ3n) is 5.39. The SMILES string of the molecule is Cc1ccc(-c2ccn3nc(N)nc3c2)c(F)c1C(=O)NCC(F)(F)[C@H](O)c1ccc(Cl)c(Cl)c1. The number of aryl methyl sites for hydroxylation is 1. The Bertz CT molecular complexity index is 1440. The highest BCUT2D eigenvalue weighted by atomic mass is 35.5. The molecule has 4 rings (SSSR count). The Morgan fingerprint density at radius 3 is 2.66 bits per heavy atom. The second kappa shape index (κ2) is 9.37. The molecule has 4 N–H and O–H groups in total. The predicted octanol–water partition coefficient (Wildman–Crippen LogP) is 4.83. The van der Waals surface area contributed by atoms with Gasteiger partial charge in [0.15, 0.2) is 5.65 Å². The molecule has 2 heterocycles. The first-order valence-electron chi connectivity index (χ1n) is 10.2. The molecule has 35 heavy (non-hydrogen) atoms. The lowest BCUT2D eigenvalue weighted by atomic mass is 9.98. The van der Waals surface area contributed by atoms with Crippen molar-refractivity contribution >= 4 is 40.7 Å². The number of pyridine rings is 1. The highest BCUT2D eigenvalue weighted by molar-refractivity contribution is 6.42. The molecule has 0 saturated heterocycles. The smallest absolute Gasteiger partial charge is 0.294 e. The van der Waals surface area contributed by atoms with Gasteiger partial charge in [0, 0.05) is 11.8 Å². The molecule has 7 nitrogen and oxygen atoms in total. The number of nitrogens with zero attached hydrogens (tertiary/aromatic N) is 3. The molecule has 0 aliphatic heterocycles. The van der Waals surface area contributed by atoms with Crippen LogP contribution in [0, 0.1) is 12.7 Å². The monoisotopic (exact) mass is 523 g/mol. The summed E-state index contributed by atoms with van der Waals surface area (Å²) >= 11 is 11.6. The predicted molar refractivity (Wildman–Crippen MR) is 126 cm³/mol. The van der Waals surface area contributed by atoms with Gasteiger partial charge in [-0.25, -0.2) is 17.7 Å². The topological polar surface area (TPSA) is 106 Å². The van der Waals surface area contributed by atoms with Crippen molar-refractivity contribution in [3.05, 3.63) is 81.2 Å². The van der Waals surface area contributed by atoms with Gasteiger partial charge in [-0.3, -0.25) is 4.79 Å². The highest BCUT2D eigenvalue weighted by Crippen LogP contribution is 2.34. The van der Waals surface area contributed by atoms with Crippen LogP contribution in [-0.2, 0) is 0 Å². The summed E-state index contributed by atoms with van der Waals surface area (Å²) in [5.74, 6) is -5.70. The number of carbonyl (C=O) groups excluding carboxylic acids is 1. The Balaban J connectivity index is 1.57. The number of carbonyl (C=O) groups is 1. The molecule has 0 fully saturated rings. The molecule has 0 aliphatic rings. The minimum atomic E-state index is -3.78. The van der Waals surface area contributed by atoms with E-state index in [9.17, 15) is 18.7 Å². The van der Waals surface area contributed by atoms with Crippen molar-refractivity contribution in [1.29, 1.82) is 0 Å². The van der Waals surface area contributed by atoms with Crippen LogP contribution in [0.25, 0.3) is 16.8 Å². The average Bonchev–Trinajstić information content (AvgIpc) is 3.18. The lowest BCUT2D eigenvalue weighted by Crippen LogP contribution is -2.41. The molecule has 0 aliphatic carbocycles. The zero-order valence-corrected chi connectivity index (χ0v) is 19.6. The van der Waals surface area contributed by atoms with Crippen molar-refractivity contribution in [3.8, 4) is 11.1 Å². The Morgan fingerprint density at radius 1 is 1.20 bits per heavy atom. The van der Waals surface area contributed by atoms with E-state index in [0.29, 0.717) is 11.2 Å². The quantitative estimate of drug-likeness (QED) is 0.335. The van der Waals surface area contributed by atoms with Gasteiger partial charge in [0.1, 0.15) is 11.9 Å².